The SMILES string of the molecule is CC(NC(=O)c1sccc1-n1cccc1)c1ccc(C(=O)NO)cc1. The normalized spacial score (nSPS) is 11.8. The molecule has 2 heterocycles. The van der Waals surface area contributed by atoms with Crippen LogP contribution in [0.15, 0.2) is 60.2 Å². The van der Waals surface area contributed by atoms with Gasteiger partial charge in [0.25, 0.3) is 11.8 Å². The van der Waals surface area contributed by atoms with Crippen LogP contribution in [-0.2, 0) is 0 Å². The van der Waals surface area contributed by atoms with Crippen LogP contribution in [0.1, 0.15) is 38.6 Å². The Kier molecular flexibility index (Phi) is 4.97. The smallest absolute Gasteiger partial charge is 0.274 e. The Morgan fingerprint density at radius 3 is 2.40 bits per heavy atom. The second-order valence-corrected chi connectivity index (χ2v) is 6.40. The lowest BCUT2D eigenvalue weighted by Crippen LogP contribution is -2.26. The van der Waals surface area contributed by atoms with E-state index in [1.165, 1.54) is 11.3 Å². The summed E-state index contributed by atoms with van der Waals surface area (Å²) < 4.78 is 1.90. The van der Waals surface area contributed by atoms with Crippen LogP contribution in [0.2, 0.25) is 0 Å². The van der Waals surface area contributed by atoms with Crippen molar-refractivity contribution in [1.82, 2.24) is 15.4 Å². The topological polar surface area (TPSA) is 83.4 Å². The molecule has 0 aliphatic rings. The molecule has 0 aliphatic heterocycles. The van der Waals surface area contributed by atoms with E-state index in [1.807, 2.05) is 47.5 Å². The minimum atomic E-state index is -0.571. The minimum Gasteiger partial charge on any atom is -0.345 e. The quantitative estimate of drug-likeness (QED) is 0.486. The molecule has 0 saturated heterocycles. The zero-order valence-electron chi connectivity index (χ0n) is 13.5. The molecule has 0 bridgehead atoms. The Morgan fingerprint density at radius 2 is 1.76 bits per heavy atom. The Hall–Kier alpha value is -2.90. The number of benzene rings is 1. The van der Waals surface area contributed by atoms with Gasteiger partial charge in [-0.25, -0.2) is 5.48 Å². The fraction of sp³-hybridized carbons (Fsp3) is 0.111. The summed E-state index contributed by atoms with van der Waals surface area (Å²) in [6.07, 6.45) is 3.79. The molecular formula is C18H17N3O3S. The van der Waals surface area contributed by atoms with Crippen molar-refractivity contribution >= 4 is 23.2 Å². The number of hydrogen-bond acceptors (Lipinski definition) is 4. The fourth-order valence-corrected chi connectivity index (χ4v) is 3.30. The van der Waals surface area contributed by atoms with Gasteiger partial charge in [0.15, 0.2) is 0 Å². The molecule has 25 heavy (non-hydrogen) atoms. The number of nitrogens with zero attached hydrogens (tertiary/aromatic N) is 1. The maximum atomic E-state index is 12.6. The minimum absolute atomic E-state index is 0.150. The molecular weight excluding hydrogens is 338 g/mol. The molecule has 3 N–H and O–H groups in total. The lowest BCUT2D eigenvalue weighted by molar-refractivity contribution is 0.0706. The second kappa shape index (κ2) is 7.33. The number of carbonyl (C=O) groups is 2. The molecule has 0 spiro atoms. The molecule has 7 heteroatoms. The van der Waals surface area contributed by atoms with E-state index in [0.29, 0.717) is 10.4 Å². The van der Waals surface area contributed by atoms with Gasteiger partial charge >= 0.3 is 0 Å². The van der Waals surface area contributed by atoms with Crippen LogP contribution in [0.25, 0.3) is 5.69 Å². The predicted octanol–water partition coefficient (Wildman–Crippen LogP) is 3.15. The van der Waals surface area contributed by atoms with Crippen molar-refractivity contribution in [2.24, 2.45) is 0 Å². The number of nitrogens with one attached hydrogen (secondary N) is 2. The fourth-order valence-electron chi connectivity index (χ4n) is 2.50. The molecule has 1 atom stereocenters. The molecule has 1 aromatic carbocycles. The summed E-state index contributed by atoms with van der Waals surface area (Å²) in [5.74, 6) is -0.721. The maximum Gasteiger partial charge on any atom is 0.274 e. The molecule has 1 unspecified atom stereocenters. The standard InChI is InChI=1S/C18H17N3O3S/c1-12(13-4-6-14(7-5-13)17(22)20-24)19-18(23)16-15(8-11-25-16)21-9-2-3-10-21/h2-12,24H,1H3,(H,19,23)(H,20,22). The molecule has 6 nitrogen and oxygen atoms in total. The van der Waals surface area contributed by atoms with Crippen LogP contribution in [-0.4, -0.2) is 21.6 Å². The van der Waals surface area contributed by atoms with Crippen LogP contribution in [0.4, 0.5) is 0 Å². The van der Waals surface area contributed by atoms with E-state index in [4.69, 9.17) is 5.21 Å². The third kappa shape index (κ3) is 3.62. The number of amides is 2. The van der Waals surface area contributed by atoms with E-state index >= 15 is 0 Å². The van der Waals surface area contributed by atoms with Gasteiger partial charge in [0.05, 0.1) is 11.7 Å². The second-order valence-electron chi connectivity index (χ2n) is 5.48. The summed E-state index contributed by atoms with van der Waals surface area (Å²) in [5, 5.41) is 13.5. The van der Waals surface area contributed by atoms with Crippen LogP contribution in [0.5, 0.6) is 0 Å². The summed E-state index contributed by atoms with van der Waals surface area (Å²) in [4.78, 5) is 24.6. The highest BCUT2D eigenvalue weighted by Gasteiger charge is 2.17. The molecule has 2 aromatic heterocycles. The van der Waals surface area contributed by atoms with Gasteiger partial charge in [-0.05, 0) is 48.2 Å². The first-order chi connectivity index (χ1) is 12.1. The van der Waals surface area contributed by atoms with Gasteiger partial charge in [-0.3, -0.25) is 14.8 Å². The highest BCUT2D eigenvalue weighted by Crippen LogP contribution is 2.23. The summed E-state index contributed by atoms with van der Waals surface area (Å²) in [7, 11) is 0. The third-order valence-corrected chi connectivity index (χ3v) is 4.76. The molecule has 2 amide bonds. The summed E-state index contributed by atoms with van der Waals surface area (Å²) in [6.45, 7) is 1.88. The number of hydrogen-bond donors (Lipinski definition) is 3. The van der Waals surface area contributed by atoms with Gasteiger partial charge in [0, 0.05) is 18.0 Å². The van der Waals surface area contributed by atoms with Crippen LogP contribution < -0.4 is 10.8 Å². The predicted molar refractivity (Wildman–Crippen MR) is 95.2 cm³/mol. The Labute approximate surface area is 148 Å². The highest BCUT2D eigenvalue weighted by molar-refractivity contribution is 7.12. The van der Waals surface area contributed by atoms with Crippen molar-refractivity contribution in [3.63, 3.8) is 0 Å². The average molecular weight is 355 g/mol. The molecule has 0 aliphatic carbocycles. The molecule has 3 aromatic rings. The summed E-state index contributed by atoms with van der Waals surface area (Å²) in [5.41, 5.74) is 3.64. The van der Waals surface area contributed by atoms with Gasteiger partial charge in [0.2, 0.25) is 0 Å². The number of rotatable bonds is 5. The third-order valence-electron chi connectivity index (χ3n) is 3.86. The molecule has 3 rings (SSSR count). The number of aromatic nitrogens is 1. The highest BCUT2D eigenvalue weighted by atomic mass is 32.1. The number of thiophene rings is 1. The largest absolute Gasteiger partial charge is 0.345 e. The van der Waals surface area contributed by atoms with Crippen molar-refractivity contribution < 1.29 is 14.8 Å². The van der Waals surface area contributed by atoms with Crippen molar-refractivity contribution in [3.05, 3.63) is 76.2 Å². The Morgan fingerprint density at radius 1 is 1.08 bits per heavy atom. The zero-order valence-corrected chi connectivity index (χ0v) is 14.3. The zero-order chi connectivity index (χ0) is 17.8. The van der Waals surface area contributed by atoms with E-state index in [1.54, 1.807) is 29.7 Å². The first-order valence-corrected chi connectivity index (χ1v) is 8.54. The Balaban J connectivity index is 1.73. The van der Waals surface area contributed by atoms with E-state index in [0.717, 1.165) is 11.3 Å². The molecule has 0 radical (unpaired) electrons. The van der Waals surface area contributed by atoms with Gasteiger partial charge in [-0.15, -0.1) is 11.3 Å². The van der Waals surface area contributed by atoms with Gasteiger partial charge < -0.3 is 9.88 Å². The Bertz CT molecular complexity index is 869. The van der Waals surface area contributed by atoms with Crippen LogP contribution >= 0.6 is 11.3 Å². The average Bonchev–Trinajstić information content (AvgIpc) is 3.31. The van der Waals surface area contributed by atoms with Crippen molar-refractivity contribution in [3.8, 4) is 5.69 Å². The van der Waals surface area contributed by atoms with E-state index in [9.17, 15) is 9.59 Å². The summed E-state index contributed by atoms with van der Waals surface area (Å²) in [6, 6.07) is 12.2. The van der Waals surface area contributed by atoms with Crippen LogP contribution in [0.3, 0.4) is 0 Å². The van der Waals surface area contributed by atoms with E-state index in [-0.39, 0.29) is 11.9 Å². The van der Waals surface area contributed by atoms with Crippen molar-refractivity contribution in [2.45, 2.75) is 13.0 Å². The van der Waals surface area contributed by atoms with Gasteiger partial charge in [-0.2, -0.15) is 0 Å². The van der Waals surface area contributed by atoms with Gasteiger partial charge in [0.1, 0.15) is 4.88 Å². The van der Waals surface area contributed by atoms with Crippen molar-refractivity contribution in [1.29, 1.82) is 0 Å². The van der Waals surface area contributed by atoms with Gasteiger partial charge in [-0.1, -0.05) is 12.1 Å². The first kappa shape index (κ1) is 16.9. The first-order valence-electron chi connectivity index (χ1n) is 7.66. The van der Waals surface area contributed by atoms with E-state index in [2.05, 4.69) is 5.32 Å². The van der Waals surface area contributed by atoms with Crippen LogP contribution in [0, 0.1) is 0 Å². The monoisotopic (exact) mass is 355 g/mol. The number of hydroxylamine groups is 1. The van der Waals surface area contributed by atoms with Crippen molar-refractivity contribution in [2.75, 3.05) is 0 Å². The number of carbonyl (C=O) groups excluding carboxylic acids is 2. The summed E-state index contributed by atoms with van der Waals surface area (Å²) >= 11 is 1.39. The van der Waals surface area contributed by atoms with E-state index < -0.39 is 5.91 Å². The molecule has 128 valence electrons. The lowest BCUT2D eigenvalue weighted by atomic mass is 10.1. The maximum absolute atomic E-state index is 12.6. The molecule has 0 fully saturated rings. The lowest BCUT2D eigenvalue weighted by Gasteiger charge is -2.15. The molecule has 0 saturated carbocycles.